The predicted octanol–water partition coefficient (Wildman–Crippen LogP) is 5.54. The Morgan fingerprint density at radius 3 is 2.82 bits per heavy atom. The summed E-state index contributed by atoms with van der Waals surface area (Å²) < 4.78 is 21.2. The van der Waals surface area contributed by atoms with E-state index in [4.69, 9.17) is 4.74 Å². The van der Waals surface area contributed by atoms with Gasteiger partial charge in [-0.05, 0) is 36.1 Å². The van der Waals surface area contributed by atoms with Gasteiger partial charge in [0.15, 0.2) is 0 Å². The van der Waals surface area contributed by atoms with Crippen LogP contribution < -0.4 is 4.74 Å². The van der Waals surface area contributed by atoms with Crippen molar-refractivity contribution < 1.29 is 9.13 Å². The van der Waals surface area contributed by atoms with Crippen molar-refractivity contribution >= 4 is 43.0 Å². The third-order valence-electron chi connectivity index (χ3n) is 3.48. The van der Waals surface area contributed by atoms with E-state index >= 15 is 0 Å². The van der Waals surface area contributed by atoms with Crippen molar-refractivity contribution in [2.75, 3.05) is 0 Å². The summed E-state index contributed by atoms with van der Waals surface area (Å²) in [6.45, 7) is 2.44. The largest absolute Gasteiger partial charge is 0.488 e. The lowest BCUT2D eigenvalue weighted by Crippen LogP contribution is -1.95. The first-order valence-corrected chi connectivity index (χ1v) is 8.55. The van der Waals surface area contributed by atoms with Gasteiger partial charge in [0, 0.05) is 11.5 Å². The molecule has 0 bridgehead atoms. The van der Waals surface area contributed by atoms with Crippen molar-refractivity contribution in [3.63, 3.8) is 0 Å². The molecular weight excluding hydrogens is 317 g/mol. The first kappa shape index (κ1) is 13.7. The van der Waals surface area contributed by atoms with Gasteiger partial charge in [-0.25, -0.2) is 9.37 Å². The average Bonchev–Trinajstić information content (AvgIpc) is 3.11. The fraction of sp³-hybridized carbons (Fsp3) is 0.118. The Kier molecular flexibility index (Phi) is 3.32. The SMILES string of the molecule is Cc1nc2c(cc(OCc3ccc(F)cc3)c3ccsc32)s1. The van der Waals surface area contributed by atoms with Crippen LogP contribution in [0.1, 0.15) is 10.6 Å². The van der Waals surface area contributed by atoms with E-state index in [0.29, 0.717) is 6.61 Å². The van der Waals surface area contributed by atoms with Gasteiger partial charge in [-0.3, -0.25) is 0 Å². The smallest absolute Gasteiger partial charge is 0.130 e. The number of ether oxygens (including phenoxy) is 1. The number of hydrogen-bond acceptors (Lipinski definition) is 4. The molecule has 0 saturated carbocycles. The second kappa shape index (κ2) is 5.34. The zero-order valence-electron chi connectivity index (χ0n) is 11.8. The van der Waals surface area contributed by atoms with Gasteiger partial charge in [-0.1, -0.05) is 12.1 Å². The van der Waals surface area contributed by atoms with Crippen LogP contribution in [0.3, 0.4) is 0 Å². The fourth-order valence-electron chi connectivity index (χ4n) is 2.45. The molecule has 0 fully saturated rings. The van der Waals surface area contributed by atoms with E-state index in [1.54, 1.807) is 34.8 Å². The first-order valence-electron chi connectivity index (χ1n) is 6.85. The monoisotopic (exact) mass is 329 g/mol. The number of aromatic nitrogens is 1. The number of rotatable bonds is 3. The Bertz CT molecular complexity index is 956. The minimum Gasteiger partial charge on any atom is -0.488 e. The molecule has 0 atom stereocenters. The lowest BCUT2D eigenvalue weighted by molar-refractivity contribution is 0.310. The minimum atomic E-state index is -0.231. The van der Waals surface area contributed by atoms with E-state index in [0.717, 1.165) is 36.6 Å². The van der Waals surface area contributed by atoms with E-state index in [1.165, 1.54) is 12.1 Å². The van der Waals surface area contributed by atoms with Gasteiger partial charge in [0.2, 0.25) is 0 Å². The summed E-state index contributed by atoms with van der Waals surface area (Å²) in [5, 5.41) is 4.20. The Morgan fingerprint density at radius 1 is 1.18 bits per heavy atom. The van der Waals surface area contributed by atoms with Crippen LogP contribution in [0.2, 0.25) is 0 Å². The van der Waals surface area contributed by atoms with Gasteiger partial charge < -0.3 is 4.74 Å². The molecule has 2 aromatic heterocycles. The van der Waals surface area contributed by atoms with Crippen LogP contribution in [-0.4, -0.2) is 4.98 Å². The second-order valence-electron chi connectivity index (χ2n) is 5.03. The van der Waals surface area contributed by atoms with Gasteiger partial charge >= 0.3 is 0 Å². The zero-order chi connectivity index (χ0) is 15.1. The summed E-state index contributed by atoms with van der Waals surface area (Å²) in [5.41, 5.74) is 2.01. The van der Waals surface area contributed by atoms with E-state index < -0.39 is 0 Å². The number of hydrogen-bond donors (Lipinski definition) is 0. The molecule has 2 aromatic carbocycles. The van der Waals surface area contributed by atoms with E-state index in [1.807, 2.05) is 6.92 Å². The first-order chi connectivity index (χ1) is 10.7. The highest BCUT2D eigenvalue weighted by molar-refractivity contribution is 7.21. The van der Waals surface area contributed by atoms with Crippen molar-refractivity contribution in [2.24, 2.45) is 0 Å². The lowest BCUT2D eigenvalue weighted by atomic mass is 10.2. The number of nitrogens with zero attached hydrogens (tertiary/aromatic N) is 1. The van der Waals surface area contributed by atoms with Gasteiger partial charge in [0.25, 0.3) is 0 Å². The molecular formula is C17H12FNOS2. The van der Waals surface area contributed by atoms with Crippen LogP contribution in [0.4, 0.5) is 4.39 Å². The third-order valence-corrected chi connectivity index (χ3v) is 5.31. The molecule has 0 saturated heterocycles. The summed E-state index contributed by atoms with van der Waals surface area (Å²) >= 11 is 3.36. The number of aryl methyl sites for hydroxylation is 1. The van der Waals surface area contributed by atoms with Gasteiger partial charge in [-0.15, -0.1) is 22.7 Å². The normalized spacial score (nSPS) is 11.4. The molecule has 4 aromatic rings. The summed E-state index contributed by atoms with van der Waals surface area (Å²) in [5.74, 6) is 0.627. The molecule has 4 rings (SSSR count). The maximum absolute atomic E-state index is 12.9. The maximum Gasteiger partial charge on any atom is 0.130 e. The third kappa shape index (κ3) is 2.36. The fourth-order valence-corrected chi connectivity index (χ4v) is 4.28. The molecule has 0 aliphatic rings. The Morgan fingerprint density at radius 2 is 2.00 bits per heavy atom. The van der Waals surface area contributed by atoms with Crippen LogP contribution in [0.5, 0.6) is 5.75 Å². The maximum atomic E-state index is 12.9. The second-order valence-corrected chi connectivity index (χ2v) is 7.18. The molecule has 5 heteroatoms. The molecule has 0 N–H and O–H groups in total. The van der Waals surface area contributed by atoms with Crippen molar-refractivity contribution in [1.29, 1.82) is 0 Å². The molecule has 0 amide bonds. The molecule has 0 unspecified atom stereocenters. The highest BCUT2D eigenvalue weighted by Crippen LogP contribution is 2.39. The number of fused-ring (bicyclic) bond motifs is 3. The molecule has 110 valence electrons. The van der Waals surface area contributed by atoms with E-state index in [2.05, 4.69) is 22.5 Å². The Balaban J connectivity index is 1.73. The van der Waals surface area contributed by atoms with Crippen LogP contribution in [0.25, 0.3) is 20.3 Å². The van der Waals surface area contributed by atoms with Gasteiger partial charge in [-0.2, -0.15) is 0 Å². The van der Waals surface area contributed by atoms with Crippen LogP contribution >= 0.6 is 22.7 Å². The average molecular weight is 329 g/mol. The molecule has 0 aliphatic carbocycles. The van der Waals surface area contributed by atoms with Crippen LogP contribution in [0.15, 0.2) is 41.8 Å². The van der Waals surface area contributed by atoms with Gasteiger partial charge in [0.1, 0.15) is 18.2 Å². The summed E-state index contributed by atoms with van der Waals surface area (Å²) in [4.78, 5) is 4.61. The molecule has 2 nitrogen and oxygen atoms in total. The quantitative estimate of drug-likeness (QED) is 0.492. The standard InChI is InChI=1S/C17H12FNOS2/c1-10-19-16-15(22-10)8-14(13-6-7-21-17(13)16)20-9-11-2-4-12(18)5-3-11/h2-8H,9H2,1H3. The number of benzene rings is 2. The highest BCUT2D eigenvalue weighted by atomic mass is 32.1. The van der Waals surface area contributed by atoms with Gasteiger partial charge in [0.05, 0.1) is 19.9 Å². The number of halogens is 1. The minimum absolute atomic E-state index is 0.231. The Labute approximate surface area is 134 Å². The van der Waals surface area contributed by atoms with Crippen LogP contribution in [0, 0.1) is 12.7 Å². The van der Waals surface area contributed by atoms with Crippen LogP contribution in [-0.2, 0) is 6.61 Å². The molecule has 0 radical (unpaired) electrons. The topological polar surface area (TPSA) is 22.1 Å². The molecule has 22 heavy (non-hydrogen) atoms. The van der Waals surface area contributed by atoms with E-state index in [-0.39, 0.29) is 5.82 Å². The predicted molar refractivity (Wildman–Crippen MR) is 90.5 cm³/mol. The molecule has 0 aliphatic heterocycles. The molecule has 2 heterocycles. The van der Waals surface area contributed by atoms with Crippen molar-refractivity contribution in [1.82, 2.24) is 4.98 Å². The number of thiophene rings is 1. The summed E-state index contributed by atoms with van der Waals surface area (Å²) in [6.07, 6.45) is 0. The van der Waals surface area contributed by atoms with Crippen molar-refractivity contribution in [3.8, 4) is 5.75 Å². The number of thiazole rings is 1. The summed E-state index contributed by atoms with van der Waals surface area (Å²) in [6, 6.07) is 10.5. The van der Waals surface area contributed by atoms with Crippen molar-refractivity contribution in [3.05, 3.63) is 58.2 Å². The highest BCUT2D eigenvalue weighted by Gasteiger charge is 2.12. The Hall–Kier alpha value is -1.98. The van der Waals surface area contributed by atoms with Crippen molar-refractivity contribution in [2.45, 2.75) is 13.5 Å². The summed E-state index contributed by atoms with van der Waals surface area (Å²) in [7, 11) is 0. The lowest BCUT2D eigenvalue weighted by Gasteiger charge is -2.08. The zero-order valence-corrected chi connectivity index (χ0v) is 13.4. The molecule has 0 spiro atoms. The van der Waals surface area contributed by atoms with E-state index in [9.17, 15) is 4.39 Å².